The van der Waals surface area contributed by atoms with Crippen molar-refractivity contribution in [2.45, 2.75) is 40.5 Å². The second-order valence-corrected chi connectivity index (χ2v) is 11.5. The molecule has 1 aliphatic carbocycles. The van der Waals surface area contributed by atoms with Crippen LogP contribution in [0.1, 0.15) is 39.9 Å². The molecule has 0 unspecified atom stereocenters. The van der Waals surface area contributed by atoms with Crippen molar-refractivity contribution in [2.24, 2.45) is 0 Å². The monoisotopic (exact) mass is 529 g/mol. The first-order valence-corrected chi connectivity index (χ1v) is 14.7. The number of para-hydroxylation sites is 1. The van der Waals surface area contributed by atoms with Crippen LogP contribution in [0.4, 0.5) is 0 Å². The van der Waals surface area contributed by atoms with Gasteiger partial charge in [0.05, 0.1) is 11.2 Å². The summed E-state index contributed by atoms with van der Waals surface area (Å²) in [5, 5.41) is 1.37. The number of rotatable bonds is 4. The van der Waals surface area contributed by atoms with Crippen molar-refractivity contribution in [3.05, 3.63) is 143 Å². The Morgan fingerprint density at radius 1 is 0.561 bits per heavy atom. The van der Waals surface area contributed by atoms with Gasteiger partial charge in [0, 0.05) is 16.6 Å². The molecule has 1 nitrogen and oxygen atoms in total. The Bertz CT molecular complexity index is 1980. The van der Waals surface area contributed by atoms with Crippen LogP contribution in [0.15, 0.2) is 109 Å². The van der Waals surface area contributed by atoms with Gasteiger partial charge in [0.1, 0.15) is 0 Å². The van der Waals surface area contributed by atoms with Gasteiger partial charge in [-0.2, -0.15) is 0 Å². The first kappa shape index (κ1) is 25.4. The van der Waals surface area contributed by atoms with Crippen molar-refractivity contribution in [3.63, 3.8) is 0 Å². The molecule has 41 heavy (non-hydrogen) atoms. The molecule has 1 heteroatoms. The normalized spacial score (nSPS) is 12.6. The Morgan fingerprint density at radius 2 is 1.24 bits per heavy atom. The highest BCUT2D eigenvalue weighted by molar-refractivity contribution is 5.94. The van der Waals surface area contributed by atoms with Gasteiger partial charge in [-0.25, -0.2) is 0 Å². The van der Waals surface area contributed by atoms with E-state index in [2.05, 4.69) is 148 Å². The maximum absolute atomic E-state index is 2.49. The second-order valence-electron chi connectivity index (χ2n) is 11.5. The zero-order valence-corrected chi connectivity index (χ0v) is 24.3. The van der Waals surface area contributed by atoms with Crippen LogP contribution in [0, 0.1) is 27.7 Å². The lowest BCUT2D eigenvalue weighted by atomic mass is 9.87. The van der Waals surface area contributed by atoms with E-state index in [1.54, 1.807) is 0 Å². The summed E-state index contributed by atoms with van der Waals surface area (Å²) in [6.07, 6.45) is 6.84. The van der Waals surface area contributed by atoms with Crippen LogP contribution in [0.25, 0.3) is 56.0 Å². The fourth-order valence-electron chi connectivity index (χ4n) is 6.87. The first-order valence-electron chi connectivity index (χ1n) is 14.7. The molecular weight excluding hydrogens is 494 g/mol. The number of allylic oxidation sites excluding steroid dienone is 1. The zero-order chi connectivity index (χ0) is 28.1. The Hall–Kier alpha value is -4.62. The molecule has 1 aromatic heterocycles. The van der Waals surface area contributed by atoms with Gasteiger partial charge in [-0.15, -0.1) is 0 Å². The highest BCUT2D eigenvalue weighted by atomic mass is 15.0. The lowest BCUT2D eigenvalue weighted by Crippen LogP contribution is -2.04. The minimum Gasteiger partial charge on any atom is -0.309 e. The van der Waals surface area contributed by atoms with Crippen molar-refractivity contribution in [3.8, 4) is 39.1 Å². The predicted molar refractivity (Wildman–Crippen MR) is 176 cm³/mol. The maximum atomic E-state index is 2.49. The van der Waals surface area contributed by atoms with Crippen LogP contribution in [-0.4, -0.2) is 4.57 Å². The van der Waals surface area contributed by atoms with Crippen molar-refractivity contribution < 1.29 is 0 Å². The number of aryl methyl sites for hydroxylation is 5. The van der Waals surface area contributed by atoms with E-state index in [4.69, 9.17) is 0 Å². The Balaban J connectivity index is 1.42. The lowest BCUT2D eigenvalue weighted by molar-refractivity contribution is 0.967. The van der Waals surface area contributed by atoms with Gasteiger partial charge in [0.15, 0.2) is 0 Å². The van der Waals surface area contributed by atoms with Gasteiger partial charge >= 0.3 is 0 Å². The summed E-state index contributed by atoms with van der Waals surface area (Å²) in [5.74, 6) is 0. The largest absolute Gasteiger partial charge is 0.309 e. The Morgan fingerprint density at radius 3 is 2.07 bits per heavy atom. The van der Waals surface area contributed by atoms with E-state index in [1.807, 2.05) is 0 Å². The summed E-state index contributed by atoms with van der Waals surface area (Å²) in [6, 6.07) is 38.1. The van der Waals surface area contributed by atoms with Gasteiger partial charge in [-0.1, -0.05) is 97.1 Å². The van der Waals surface area contributed by atoms with Gasteiger partial charge < -0.3 is 4.57 Å². The zero-order valence-electron chi connectivity index (χ0n) is 24.3. The number of hydrogen-bond acceptors (Lipinski definition) is 0. The maximum Gasteiger partial charge on any atom is 0.0543 e. The van der Waals surface area contributed by atoms with Gasteiger partial charge in [-0.3, -0.25) is 0 Å². The third-order valence-electron chi connectivity index (χ3n) is 8.84. The lowest BCUT2D eigenvalue weighted by Gasteiger charge is -2.20. The fraction of sp³-hybridized carbons (Fsp3) is 0.150. The number of aromatic nitrogens is 1. The molecule has 0 spiro atoms. The SMILES string of the molecule is Cc1ccccc1-c1c(C)cccc1-c1ccc(-c2c(C)cccc2-n2c3c(c4ccccc42)CCC=C3)c(C)c1. The summed E-state index contributed by atoms with van der Waals surface area (Å²) < 4.78 is 2.49. The molecule has 0 fully saturated rings. The van der Waals surface area contributed by atoms with E-state index in [0.717, 1.165) is 12.8 Å². The van der Waals surface area contributed by atoms with E-state index >= 15 is 0 Å². The number of benzene rings is 5. The molecule has 0 radical (unpaired) electrons. The average molecular weight is 530 g/mol. The molecule has 200 valence electrons. The molecule has 7 rings (SSSR count). The van der Waals surface area contributed by atoms with Crippen LogP contribution in [0.2, 0.25) is 0 Å². The molecule has 0 saturated heterocycles. The summed E-state index contributed by atoms with van der Waals surface area (Å²) in [7, 11) is 0. The third kappa shape index (κ3) is 4.16. The second kappa shape index (κ2) is 10.1. The summed E-state index contributed by atoms with van der Waals surface area (Å²) in [5.41, 5.74) is 18.3. The molecule has 0 bridgehead atoms. The fourth-order valence-corrected chi connectivity index (χ4v) is 6.87. The highest BCUT2D eigenvalue weighted by Crippen LogP contribution is 2.42. The molecule has 0 atom stereocenters. The highest BCUT2D eigenvalue weighted by Gasteiger charge is 2.22. The Kier molecular flexibility index (Phi) is 6.24. The standard InChI is InChI=1S/C40H35N/c1-26-13-5-6-16-31(26)39-27(2)14-11-19-33(39)30-23-24-32(29(4)25-30)40-28(3)15-12-22-38(40)41-36-20-9-7-17-34(36)35-18-8-10-21-37(35)41/h5-7,9-17,19-25H,8,18H2,1-4H3. The van der Waals surface area contributed by atoms with Crippen molar-refractivity contribution in [1.82, 2.24) is 4.57 Å². The Labute approximate surface area is 243 Å². The van der Waals surface area contributed by atoms with Crippen LogP contribution < -0.4 is 0 Å². The molecule has 0 aliphatic heterocycles. The van der Waals surface area contributed by atoms with E-state index in [0.29, 0.717) is 0 Å². The minimum atomic E-state index is 1.09. The van der Waals surface area contributed by atoms with Crippen molar-refractivity contribution >= 4 is 17.0 Å². The molecular formula is C40H35N. The molecule has 6 aromatic rings. The number of fused-ring (bicyclic) bond motifs is 3. The van der Waals surface area contributed by atoms with E-state index in [1.165, 1.54) is 83.5 Å². The molecule has 5 aromatic carbocycles. The number of nitrogens with zero attached hydrogens (tertiary/aromatic N) is 1. The molecule has 1 heterocycles. The average Bonchev–Trinajstić information content (AvgIpc) is 3.32. The minimum absolute atomic E-state index is 1.09. The molecule has 1 aliphatic rings. The van der Waals surface area contributed by atoms with Crippen LogP contribution in [0.5, 0.6) is 0 Å². The van der Waals surface area contributed by atoms with Gasteiger partial charge in [0.2, 0.25) is 0 Å². The summed E-state index contributed by atoms with van der Waals surface area (Å²) in [6.45, 7) is 8.94. The number of hydrogen-bond donors (Lipinski definition) is 0. The quantitative estimate of drug-likeness (QED) is 0.214. The van der Waals surface area contributed by atoms with E-state index in [9.17, 15) is 0 Å². The molecule has 0 amide bonds. The van der Waals surface area contributed by atoms with Crippen LogP contribution >= 0.6 is 0 Å². The van der Waals surface area contributed by atoms with Gasteiger partial charge in [-0.05, 0) is 114 Å². The summed E-state index contributed by atoms with van der Waals surface area (Å²) >= 11 is 0. The topological polar surface area (TPSA) is 4.93 Å². The molecule has 0 N–H and O–H groups in total. The van der Waals surface area contributed by atoms with Gasteiger partial charge in [0.25, 0.3) is 0 Å². The van der Waals surface area contributed by atoms with Crippen LogP contribution in [-0.2, 0) is 6.42 Å². The van der Waals surface area contributed by atoms with Crippen molar-refractivity contribution in [2.75, 3.05) is 0 Å². The first-order chi connectivity index (χ1) is 20.0. The van der Waals surface area contributed by atoms with E-state index < -0.39 is 0 Å². The molecule has 0 saturated carbocycles. The summed E-state index contributed by atoms with van der Waals surface area (Å²) in [4.78, 5) is 0. The van der Waals surface area contributed by atoms with Crippen LogP contribution in [0.3, 0.4) is 0 Å². The third-order valence-corrected chi connectivity index (χ3v) is 8.84. The predicted octanol–water partition coefficient (Wildman–Crippen LogP) is 10.8. The smallest absolute Gasteiger partial charge is 0.0543 e. The van der Waals surface area contributed by atoms with Crippen molar-refractivity contribution in [1.29, 1.82) is 0 Å². The van der Waals surface area contributed by atoms with E-state index in [-0.39, 0.29) is 0 Å².